The van der Waals surface area contributed by atoms with E-state index in [2.05, 4.69) is 11.9 Å². The van der Waals surface area contributed by atoms with Gasteiger partial charge in [0.05, 0.1) is 10.5 Å². The molecule has 1 spiro atoms. The molecule has 3 rings (SSSR count). The SMILES string of the molecule is CN1CCC2(CC1)CN(S(=O)(=O)c1cccc(C(=O)O)c1)C2. The first kappa shape index (κ1) is 15.5. The highest BCUT2D eigenvalue weighted by Crippen LogP contribution is 2.42. The van der Waals surface area contributed by atoms with E-state index in [1.165, 1.54) is 28.6 Å². The highest BCUT2D eigenvalue weighted by atomic mass is 32.2. The molecule has 1 aromatic rings. The molecule has 22 heavy (non-hydrogen) atoms. The third kappa shape index (κ3) is 2.64. The maximum Gasteiger partial charge on any atom is 0.335 e. The molecule has 1 aromatic carbocycles. The van der Waals surface area contributed by atoms with Crippen molar-refractivity contribution in [2.75, 3.05) is 33.2 Å². The number of nitrogens with zero attached hydrogens (tertiary/aromatic N) is 2. The van der Waals surface area contributed by atoms with Crippen molar-refractivity contribution in [3.63, 3.8) is 0 Å². The van der Waals surface area contributed by atoms with Crippen molar-refractivity contribution in [3.8, 4) is 0 Å². The van der Waals surface area contributed by atoms with Gasteiger partial charge in [0.2, 0.25) is 10.0 Å². The monoisotopic (exact) mass is 324 g/mol. The number of rotatable bonds is 3. The van der Waals surface area contributed by atoms with Gasteiger partial charge in [-0.25, -0.2) is 13.2 Å². The van der Waals surface area contributed by atoms with Crippen LogP contribution in [0, 0.1) is 5.41 Å². The van der Waals surface area contributed by atoms with Gasteiger partial charge in [-0.3, -0.25) is 0 Å². The molecule has 6 nitrogen and oxygen atoms in total. The summed E-state index contributed by atoms with van der Waals surface area (Å²) in [6.45, 7) is 3.09. The van der Waals surface area contributed by atoms with E-state index in [0.29, 0.717) is 13.1 Å². The van der Waals surface area contributed by atoms with Gasteiger partial charge in [0.15, 0.2) is 0 Å². The maximum atomic E-state index is 12.6. The second-order valence-electron chi connectivity index (χ2n) is 6.41. The van der Waals surface area contributed by atoms with Crippen molar-refractivity contribution in [2.24, 2.45) is 5.41 Å². The van der Waals surface area contributed by atoms with E-state index in [-0.39, 0.29) is 15.9 Å². The number of benzene rings is 1. The Morgan fingerprint density at radius 2 is 1.86 bits per heavy atom. The van der Waals surface area contributed by atoms with Crippen LogP contribution in [0.15, 0.2) is 29.2 Å². The Labute approximate surface area is 130 Å². The molecule has 0 atom stereocenters. The predicted molar refractivity (Wildman–Crippen MR) is 81.3 cm³/mol. The van der Waals surface area contributed by atoms with Crippen LogP contribution in [-0.4, -0.2) is 61.9 Å². The fraction of sp³-hybridized carbons (Fsp3) is 0.533. The molecule has 1 N–H and O–H groups in total. The van der Waals surface area contributed by atoms with E-state index in [1.807, 2.05) is 0 Å². The number of carbonyl (C=O) groups is 1. The number of aromatic carboxylic acids is 1. The lowest BCUT2D eigenvalue weighted by molar-refractivity contribution is 0.00752. The molecule has 0 saturated carbocycles. The smallest absolute Gasteiger partial charge is 0.335 e. The molecular formula is C15H20N2O4S. The third-order valence-corrected chi connectivity index (χ3v) is 6.58. The first-order valence-corrected chi connectivity index (χ1v) is 8.79. The minimum absolute atomic E-state index is 0.00407. The molecular weight excluding hydrogens is 304 g/mol. The van der Waals surface area contributed by atoms with Crippen molar-refractivity contribution in [1.29, 1.82) is 0 Å². The summed E-state index contributed by atoms with van der Waals surface area (Å²) in [5, 5.41) is 9.00. The van der Waals surface area contributed by atoms with Crippen LogP contribution in [0.5, 0.6) is 0 Å². The quantitative estimate of drug-likeness (QED) is 0.901. The Kier molecular flexibility index (Phi) is 3.74. The van der Waals surface area contributed by atoms with Crippen LogP contribution < -0.4 is 0 Å². The minimum Gasteiger partial charge on any atom is -0.478 e. The van der Waals surface area contributed by atoms with Crippen LogP contribution in [0.25, 0.3) is 0 Å². The standard InChI is InChI=1S/C15H20N2O4S/c1-16-7-5-15(6-8-16)10-17(11-15)22(20,21)13-4-2-3-12(9-13)14(18)19/h2-4,9H,5-8,10-11H2,1H3,(H,18,19). The van der Waals surface area contributed by atoms with Crippen molar-refractivity contribution in [3.05, 3.63) is 29.8 Å². The van der Waals surface area contributed by atoms with E-state index in [9.17, 15) is 13.2 Å². The fourth-order valence-electron chi connectivity index (χ4n) is 3.22. The molecule has 7 heteroatoms. The summed E-state index contributed by atoms with van der Waals surface area (Å²) in [6.07, 6.45) is 2.04. The Bertz CT molecular complexity index is 685. The van der Waals surface area contributed by atoms with Gasteiger partial charge in [-0.2, -0.15) is 4.31 Å². The normalized spacial score (nSPS) is 22.4. The first-order valence-electron chi connectivity index (χ1n) is 7.35. The van der Waals surface area contributed by atoms with Gasteiger partial charge >= 0.3 is 5.97 Å². The molecule has 2 heterocycles. The highest BCUT2D eigenvalue weighted by Gasteiger charge is 2.49. The van der Waals surface area contributed by atoms with Gasteiger partial charge in [0.25, 0.3) is 0 Å². The number of hydrogen-bond acceptors (Lipinski definition) is 4. The molecule has 2 saturated heterocycles. The Balaban J connectivity index is 1.75. The zero-order chi connectivity index (χ0) is 16.0. The largest absolute Gasteiger partial charge is 0.478 e. The number of likely N-dealkylation sites (tertiary alicyclic amines) is 1. The predicted octanol–water partition coefficient (Wildman–Crippen LogP) is 1.10. The summed E-state index contributed by atoms with van der Waals surface area (Å²) in [7, 11) is -1.51. The summed E-state index contributed by atoms with van der Waals surface area (Å²) < 4.78 is 26.7. The zero-order valence-corrected chi connectivity index (χ0v) is 13.3. The molecule has 120 valence electrons. The Hall–Kier alpha value is -1.44. The second-order valence-corrected chi connectivity index (χ2v) is 8.35. The molecule has 0 amide bonds. The molecule has 0 aliphatic carbocycles. The summed E-state index contributed by atoms with van der Waals surface area (Å²) in [5.41, 5.74) is 0.111. The van der Waals surface area contributed by atoms with E-state index >= 15 is 0 Å². The van der Waals surface area contributed by atoms with Gasteiger partial charge < -0.3 is 10.0 Å². The van der Waals surface area contributed by atoms with E-state index in [4.69, 9.17) is 5.11 Å². The van der Waals surface area contributed by atoms with Gasteiger partial charge in [-0.1, -0.05) is 6.07 Å². The molecule has 2 fully saturated rings. The third-order valence-electron chi connectivity index (χ3n) is 4.79. The average Bonchev–Trinajstić information content (AvgIpc) is 2.46. The van der Waals surface area contributed by atoms with Crippen molar-refractivity contribution >= 4 is 16.0 Å². The number of carboxylic acid groups (broad SMARTS) is 1. The zero-order valence-electron chi connectivity index (χ0n) is 12.5. The van der Waals surface area contributed by atoms with E-state index in [1.54, 1.807) is 0 Å². The lowest BCUT2D eigenvalue weighted by atomic mass is 9.73. The number of sulfonamides is 1. The van der Waals surface area contributed by atoms with Gasteiger partial charge in [0.1, 0.15) is 0 Å². The van der Waals surface area contributed by atoms with Crippen molar-refractivity contribution in [2.45, 2.75) is 17.7 Å². The lowest BCUT2D eigenvalue weighted by Gasteiger charge is -2.52. The van der Waals surface area contributed by atoms with Crippen molar-refractivity contribution in [1.82, 2.24) is 9.21 Å². The van der Waals surface area contributed by atoms with Crippen LogP contribution in [0.2, 0.25) is 0 Å². The van der Waals surface area contributed by atoms with Crippen LogP contribution in [0.1, 0.15) is 23.2 Å². The lowest BCUT2D eigenvalue weighted by Crippen LogP contribution is -2.61. The molecule has 0 radical (unpaired) electrons. The highest BCUT2D eigenvalue weighted by molar-refractivity contribution is 7.89. The molecule has 0 bridgehead atoms. The Morgan fingerprint density at radius 1 is 1.23 bits per heavy atom. The summed E-state index contributed by atoms with van der Waals surface area (Å²) >= 11 is 0. The number of hydrogen-bond donors (Lipinski definition) is 1. The first-order chi connectivity index (χ1) is 10.3. The second kappa shape index (κ2) is 5.33. The summed E-state index contributed by atoms with van der Waals surface area (Å²) in [5.74, 6) is -1.12. The maximum absolute atomic E-state index is 12.6. The fourth-order valence-corrected chi connectivity index (χ4v) is 4.93. The minimum atomic E-state index is -3.59. The van der Waals surface area contributed by atoms with Crippen LogP contribution in [-0.2, 0) is 10.0 Å². The Morgan fingerprint density at radius 3 is 2.45 bits per heavy atom. The summed E-state index contributed by atoms with van der Waals surface area (Å²) in [4.78, 5) is 13.3. The van der Waals surface area contributed by atoms with Gasteiger partial charge in [-0.05, 0) is 51.2 Å². The molecule has 2 aliphatic rings. The van der Waals surface area contributed by atoms with Crippen molar-refractivity contribution < 1.29 is 18.3 Å². The molecule has 2 aliphatic heterocycles. The van der Waals surface area contributed by atoms with Crippen LogP contribution in [0.4, 0.5) is 0 Å². The molecule has 0 unspecified atom stereocenters. The van der Waals surface area contributed by atoms with Crippen LogP contribution in [0.3, 0.4) is 0 Å². The number of piperidine rings is 1. The summed E-state index contributed by atoms with van der Waals surface area (Å²) in [6, 6.07) is 5.57. The van der Waals surface area contributed by atoms with E-state index < -0.39 is 16.0 Å². The molecule has 0 aromatic heterocycles. The van der Waals surface area contributed by atoms with E-state index in [0.717, 1.165) is 25.9 Å². The van der Waals surface area contributed by atoms with Gasteiger partial charge in [-0.15, -0.1) is 0 Å². The van der Waals surface area contributed by atoms with Gasteiger partial charge in [0, 0.05) is 18.5 Å². The number of carboxylic acids is 1. The average molecular weight is 324 g/mol. The van der Waals surface area contributed by atoms with Crippen LogP contribution >= 0.6 is 0 Å². The topological polar surface area (TPSA) is 77.9 Å².